The molecule has 0 aliphatic carbocycles. The van der Waals surface area contributed by atoms with Crippen molar-refractivity contribution in [2.45, 2.75) is 58.7 Å². The minimum atomic E-state index is -0.369. The van der Waals surface area contributed by atoms with Crippen LogP contribution in [0.25, 0.3) is 5.69 Å². The number of benzene rings is 2. The fourth-order valence-electron chi connectivity index (χ4n) is 4.05. The lowest BCUT2D eigenvalue weighted by Gasteiger charge is -2.30. The monoisotopic (exact) mass is 496 g/mol. The van der Waals surface area contributed by atoms with Gasteiger partial charge in [-0.05, 0) is 64.8 Å². The molecule has 0 bridgehead atoms. The van der Waals surface area contributed by atoms with Crippen LogP contribution in [0.5, 0.6) is 11.6 Å². The van der Waals surface area contributed by atoms with E-state index in [2.05, 4.69) is 5.32 Å². The molecule has 8 heteroatoms. The maximum Gasteiger partial charge on any atom is 0.318 e. The van der Waals surface area contributed by atoms with E-state index in [0.717, 1.165) is 36.4 Å². The van der Waals surface area contributed by atoms with Crippen LogP contribution in [0.2, 0.25) is 5.02 Å². The van der Waals surface area contributed by atoms with E-state index in [9.17, 15) is 4.79 Å². The number of urea groups is 1. The maximum absolute atomic E-state index is 13.3. The molecule has 35 heavy (non-hydrogen) atoms. The van der Waals surface area contributed by atoms with Crippen molar-refractivity contribution in [3.63, 3.8) is 0 Å². The summed E-state index contributed by atoms with van der Waals surface area (Å²) in [5.41, 5.74) is 2.08. The summed E-state index contributed by atoms with van der Waals surface area (Å²) in [6.45, 7) is 9.38. The van der Waals surface area contributed by atoms with Crippen LogP contribution < -0.4 is 10.1 Å². The van der Waals surface area contributed by atoms with E-state index >= 15 is 0 Å². The molecule has 1 atom stereocenters. The van der Waals surface area contributed by atoms with E-state index < -0.39 is 0 Å². The smallest absolute Gasteiger partial charge is 0.318 e. The molecule has 1 aliphatic rings. The van der Waals surface area contributed by atoms with Crippen LogP contribution in [0.15, 0.2) is 54.6 Å². The quantitative estimate of drug-likeness (QED) is 0.428. The van der Waals surface area contributed by atoms with Crippen LogP contribution in [0, 0.1) is 6.92 Å². The van der Waals surface area contributed by atoms with Crippen molar-refractivity contribution >= 4 is 17.6 Å². The number of nitrogens with zero attached hydrogens (tertiary/aromatic N) is 3. The van der Waals surface area contributed by atoms with Gasteiger partial charge in [0.05, 0.1) is 34.6 Å². The first-order chi connectivity index (χ1) is 16.7. The van der Waals surface area contributed by atoms with Crippen LogP contribution >= 0.6 is 11.6 Å². The fraction of sp³-hybridized carbons (Fsp3) is 0.407. The number of carbonyl (C=O) groups is 1. The topological polar surface area (TPSA) is 68.6 Å². The zero-order valence-electron chi connectivity index (χ0n) is 20.8. The Labute approximate surface area is 212 Å². The average Bonchev–Trinajstić information content (AvgIpc) is 3.43. The van der Waals surface area contributed by atoms with E-state index in [0.29, 0.717) is 29.7 Å². The predicted octanol–water partition coefficient (Wildman–Crippen LogP) is 6.12. The lowest BCUT2D eigenvalue weighted by atomic mass is 10.1. The molecule has 0 saturated carbocycles. The Morgan fingerprint density at radius 2 is 1.91 bits per heavy atom. The molecule has 7 nitrogen and oxygen atoms in total. The Morgan fingerprint density at radius 1 is 1.20 bits per heavy atom. The first-order valence-electron chi connectivity index (χ1n) is 12.0. The summed E-state index contributed by atoms with van der Waals surface area (Å²) in [5, 5.41) is 8.38. The predicted molar refractivity (Wildman–Crippen MR) is 137 cm³/mol. The maximum atomic E-state index is 13.3. The summed E-state index contributed by atoms with van der Waals surface area (Å²) in [7, 11) is 0. The molecule has 186 valence electrons. The molecule has 0 spiro atoms. The number of aromatic nitrogens is 2. The Bertz CT molecular complexity index is 1150. The van der Waals surface area contributed by atoms with Crippen molar-refractivity contribution < 1.29 is 14.3 Å². The van der Waals surface area contributed by atoms with Gasteiger partial charge in [0.15, 0.2) is 0 Å². The van der Waals surface area contributed by atoms with Crippen molar-refractivity contribution in [1.82, 2.24) is 20.0 Å². The molecule has 0 radical (unpaired) electrons. The number of aryl methyl sites for hydroxylation is 1. The van der Waals surface area contributed by atoms with E-state index in [1.807, 2.05) is 76.2 Å². The van der Waals surface area contributed by atoms with Crippen molar-refractivity contribution in [3.05, 3.63) is 70.9 Å². The second-order valence-electron chi connectivity index (χ2n) is 9.84. The second kappa shape index (κ2) is 10.7. The number of ether oxygens (including phenoxy) is 2. The van der Waals surface area contributed by atoms with Crippen LogP contribution in [-0.2, 0) is 11.3 Å². The Morgan fingerprint density at radius 3 is 2.57 bits per heavy atom. The Kier molecular flexibility index (Phi) is 7.67. The van der Waals surface area contributed by atoms with E-state index in [4.69, 9.17) is 26.2 Å². The normalized spacial score (nSPS) is 15.7. The summed E-state index contributed by atoms with van der Waals surface area (Å²) in [6, 6.07) is 17.0. The Hall–Kier alpha value is -3.03. The number of hydrogen-bond acceptors (Lipinski definition) is 4. The van der Waals surface area contributed by atoms with Gasteiger partial charge < -0.3 is 19.7 Å². The van der Waals surface area contributed by atoms with Gasteiger partial charge in [-0.15, -0.1) is 0 Å². The van der Waals surface area contributed by atoms with Crippen LogP contribution in [0.1, 0.15) is 44.9 Å². The zero-order valence-corrected chi connectivity index (χ0v) is 21.5. The molecule has 3 aromatic rings. The molecule has 1 N–H and O–H groups in total. The molecule has 1 fully saturated rings. The van der Waals surface area contributed by atoms with Gasteiger partial charge in [0.2, 0.25) is 5.88 Å². The zero-order chi connectivity index (χ0) is 25.0. The molecular formula is C27H33ClN4O3. The van der Waals surface area contributed by atoms with Gasteiger partial charge in [-0.2, -0.15) is 5.10 Å². The van der Waals surface area contributed by atoms with Crippen LogP contribution in [0.4, 0.5) is 4.79 Å². The van der Waals surface area contributed by atoms with Crippen molar-refractivity contribution in [2.75, 3.05) is 13.2 Å². The third-order valence-electron chi connectivity index (χ3n) is 5.75. The molecule has 4 rings (SSSR count). The molecule has 2 aromatic carbocycles. The first-order valence-corrected chi connectivity index (χ1v) is 12.3. The summed E-state index contributed by atoms with van der Waals surface area (Å²) >= 11 is 6.43. The van der Waals surface area contributed by atoms with Gasteiger partial charge in [0.25, 0.3) is 0 Å². The Balaban J connectivity index is 1.73. The fourth-order valence-corrected chi connectivity index (χ4v) is 4.22. The SMILES string of the molecule is Cc1nn(-c2ccccc2)c(Oc2ccccc2Cl)c1CN(C[C@H]1CCCO1)C(=O)NC(C)(C)C. The molecule has 1 aromatic heterocycles. The van der Waals surface area contributed by atoms with Crippen LogP contribution in [0.3, 0.4) is 0 Å². The molecule has 2 heterocycles. The van der Waals surface area contributed by atoms with Gasteiger partial charge in [-0.25, -0.2) is 9.48 Å². The average molecular weight is 497 g/mol. The highest BCUT2D eigenvalue weighted by Gasteiger charge is 2.29. The van der Waals surface area contributed by atoms with Gasteiger partial charge in [0.1, 0.15) is 5.75 Å². The number of nitrogens with one attached hydrogen (secondary N) is 1. The highest BCUT2D eigenvalue weighted by molar-refractivity contribution is 6.32. The van der Waals surface area contributed by atoms with Crippen molar-refractivity contribution in [1.29, 1.82) is 0 Å². The van der Waals surface area contributed by atoms with E-state index in [-0.39, 0.29) is 17.7 Å². The van der Waals surface area contributed by atoms with E-state index in [1.165, 1.54) is 0 Å². The third kappa shape index (κ3) is 6.35. The highest BCUT2D eigenvalue weighted by atomic mass is 35.5. The number of halogens is 1. The number of para-hydroxylation sites is 2. The summed E-state index contributed by atoms with van der Waals surface area (Å²) < 4.78 is 14.0. The number of hydrogen-bond donors (Lipinski definition) is 1. The molecule has 1 aliphatic heterocycles. The summed E-state index contributed by atoms with van der Waals surface area (Å²) in [5.74, 6) is 1.06. The van der Waals surface area contributed by atoms with Crippen molar-refractivity contribution in [2.24, 2.45) is 0 Å². The second-order valence-corrected chi connectivity index (χ2v) is 10.3. The van der Waals surface area contributed by atoms with Gasteiger partial charge in [0, 0.05) is 18.7 Å². The number of amides is 2. The number of rotatable bonds is 7. The lowest BCUT2D eigenvalue weighted by molar-refractivity contribution is 0.0779. The van der Waals surface area contributed by atoms with Crippen molar-refractivity contribution in [3.8, 4) is 17.3 Å². The largest absolute Gasteiger partial charge is 0.437 e. The van der Waals surface area contributed by atoms with Crippen LogP contribution in [-0.4, -0.2) is 45.5 Å². The minimum Gasteiger partial charge on any atom is -0.437 e. The van der Waals surface area contributed by atoms with Gasteiger partial charge >= 0.3 is 6.03 Å². The molecule has 1 saturated heterocycles. The highest BCUT2D eigenvalue weighted by Crippen LogP contribution is 2.35. The van der Waals surface area contributed by atoms with E-state index in [1.54, 1.807) is 15.6 Å². The lowest BCUT2D eigenvalue weighted by Crippen LogP contribution is -2.50. The molecule has 0 unspecified atom stereocenters. The standard InChI is InChI=1S/C27H33ClN4O3/c1-19-22(18-31(17-21-13-10-16-34-21)26(33)29-27(2,3)4)25(35-24-15-9-8-14-23(24)28)32(30-19)20-11-6-5-7-12-20/h5-9,11-12,14-15,21H,10,13,16-18H2,1-4H3,(H,29,33)/t21-/m1/s1. The molecule has 2 amide bonds. The minimum absolute atomic E-state index is 0.0122. The first kappa shape index (κ1) is 25.1. The number of carbonyl (C=O) groups excluding carboxylic acids is 1. The summed E-state index contributed by atoms with van der Waals surface area (Å²) in [4.78, 5) is 15.1. The molecular weight excluding hydrogens is 464 g/mol. The van der Waals surface area contributed by atoms with Gasteiger partial charge in [-0.3, -0.25) is 0 Å². The van der Waals surface area contributed by atoms with Gasteiger partial charge in [-0.1, -0.05) is 41.9 Å². The summed E-state index contributed by atoms with van der Waals surface area (Å²) in [6.07, 6.45) is 1.95. The third-order valence-corrected chi connectivity index (χ3v) is 6.06.